The second-order valence-electron chi connectivity index (χ2n) is 6.01. The van der Waals surface area contributed by atoms with Crippen molar-refractivity contribution in [3.05, 3.63) is 65.9 Å². The van der Waals surface area contributed by atoms with E-state index in [0.717, 1.165) is 28.3 Å². The number of benzene rings is 2. The van der Waals surface area contributed by atoms with Gasteiger partial charge in [-0.05, 0) is 68.8 Å². The maximum Gasteiger partial charge on any atom is 0.276 e. The second-order valence-corrected chi connectivity index (χ2v) is 6.01. The average Bonchev–Trinajstić information content (AvgIpc) is 3.13. The van der Waals surface area contributed by atoms with Crippen LogP contribution >= 0.6 is 0 Å². The molecule has 0 aliphatic heterocycles. The number of carbonyl (C=O) groups is 1. The fraction of sp³-hybridized carbons (Fsp3) is 0.238. The van der Waals surface area contributed by atoms with Gasteiger partial charge in [-0.2, -0.15) is 5.10 Å². The summed E-state index contributed by atoms with van der Waals surface area (Å²) in [6.07, 6.45) is 0. The van der Waals surface area contributed by atoms with Crippen molar-refractivity contribution in [3.63, 3.8) is 0 Å². The Morgan fingerprint density at radius 2 is 1.88 bits per heavy atom. The zero-order valence-corrected chi connectivity index (χ0v) is 15.3. The van der Waals surface area contributed by atoms with Crippen molar-refractivity contribution < 1.29 is 9.53 Å². The molecule has 0 radical (unpaired) electrons. The summed E-state index contributed by atoms with van der Waals surface area (Å²) in [6.45, 7) is 7.14. The summed E-state index contributed by atoms with van der Waals surface area (Å²) >= 11 is 0. The average molecular weight is 349 g/mol. The number of hydrogen-bond donors (Lipinski definition) is 1. The van der Waals surface area contributed by atoms with Crippen LogP contribution in [0.15, 0.2) is 54.6 Å². The van der Waals surface area contributed by atoms with E-state index in [1.165, 1.54) is 0 Å². The van der Waals surface area contributed by atoms with E-state index in [2.05, 4.69) is 10.2 Å². The summed E-state index contributed by atoms with van der Waals surface area (Å²) in [4.78, 5) is 14.6. The first kappa shape index (κ1) is 17.7. The van der Waals surface area contributed by atoms with E-state index in [0.29, 0.717) is 18.8 Å². The molecule has 1 N–H and O–H groups in total. The van der Waals surface area contributed by atoms with Crippen LogP contribution in [0.5, 0.6) is 5.75 Å². The Kier molecular flexibility index (Phi) is 5.37. The monoisotopic (exact) mass is 349 g/mol. The molecule has 26 heavy (non-hydrogen) atoms. The second kappa shape index (κ2) is 7.87. The van der Waals surface area contributed by atoms with Gasteiger partial charge in [-0.1, -0.05) is 12.1 Å². The van der Waals surface area contributed by atoms with Crippen molar-refractivity contribution >= 4 is 11.6 Å². The number of ether oxygens (including phenoxy) is 1. The number of aromatic nitrogens is 2. The number of anilines is 1. The number of nitrogens with one attached hydrogen (secondary N) is 1. The van der Waals surface area contributed by atoms with E-state index in [9.17, 15) is 4.79 Å². The number of aromatic amines is 1. The first-order valence-corrected chi connectivity index (χ1v) is 8.79. The first-order valence-electron chi connectivity index (χ1n) is 8.79. The molecule has 0 aliphatic rings. The highest BCUT2D eigenvalue weighted by Gasteiger charge is 2.19. The molecule has 134 valence electrons. The Hall–Kier alpha value is -3.08. The van der Waals surface area contributed by atoms with Crippen LogP contribution in [0.3, 0.4) is 0 Å². The fourth-order valence-electron chi connectivity index (χ4n) is 2.85. The molecule has 0 spiro atoms. The third kappa shape index (κ3) is 3.77. The molecular formula is C21H23N3O2. The highest BCUT2D eigenvalue weighted by molar-refractivity contribution is 6.05. The van der Waals surface area contributed by atoms with Gasteiger partial charge in [-0.25, -0.2) is 0 Å². The third-order valence-electron chi connectivity index (χ3n) is 4.14. The van der Waals surface area contributed by atoms with Crippen LogP contribution in [0.1, 0.15) is 29.9 Å². The molecule has 0 fully saturated rings. The summed E-state index contributed by atoms with van der Waals surface area (Å²) in [5.41, 5.74) is 4.14. The topological polar surface area (TPSA) is 58.2 Å². The molecule has 1 heterocycles. The standard InChI is InChI=1S/C21H23N3O2/c1-4-24(17-8-6-7-15(3)13-17)21(25)20-14-19(22-23-20)16-9-11-18(12-10-16)26-5-2/h6-14H,4-5H2,1-3H3,(H,22,23). The van der Waals surface area contributed by atoms with Gasteiger partial charge in [0.1, 0.15) is 11.4 Å². The van der Waals surface area contributed by atoms with Crippen LogP contribution in [0.25, 0.3) is 11.3 Å². The van der Waals surface area contributed by atoms with Crippen molar-refractivity contribution in [3.8, 4) is 17.0 Å². The van der Waals surface area contributed by atoms with Crippen LogP contribution < -0.4 is 9.64 Å². The maximum atomic E-state index is 12.9. The smallest absolute Gasteiger partial charge is 0.276 e. The van der Waals surface area contributed by atoms with Crippen molar-refractivity contribution in [1.82, 2.24) is 10.2 Å². The van der Waals surface area contributed by atoms with Crippen molar-refractivity contribution in [2.45, 2.75) is 20.8 Å². The Labute approximate surface area is 153 Å². The molecule has 1 aromatic heterocycles. The maximum absolute atomic E-state index is 12.9. The normalized spacial score (nSPS) is 10.6. The van der Waals surface area contributed by atoms with E-state index >= 15 is 0 Å². The van der Waals surface area contributed by atoms with Crippen molar-refractivity contribution in [2.75, 3.05) is 18.1 Å². The predicted molar refractivity (Wildman–Crippen MR) is 104 cm³/mol. The fourth-order valence-corrected chi connectivity index (χ4v) is 2.85. The summed E-state index contributed by atoms with van der Waals surface area (Å²) in [7, 11) is 0. The summed E-state index contributed by atoms with van der Waals surface area (Å²) in [5, 5.41) is 7.17. The Morgan fingerprint density at radius 3 is 2.54 bits per heavy atom. The number of hydrogen-bond acceptors (Lipinski definition) is 3. The molecule has 1 amide bonds. The number of aryl methyl sites for hydroxylation is 1. The molecule has 0 aliphatic carbocycles. The number of rotatable bonds is 6. The molecule has 0 saturated carbocycles. The predicted octanol–water partition coefficient (Wildman–Crippen LogP) is 4.45. The van der Waals surface area contributed by atoms with E-state index in [1.807, 2.05) is 69.3 Å². The zero-order chi connectivity index (χ0) is 18.5. The molecule has 5 heteroatoms. The van der Waals surface area contributed by atoms with Crippen LogP contribution in [-0.2, 0) is 0 Å². The van der Waals surface area contributed by atoms with Gasteiger partial charge < -0.3 is 9.64 Å². The van der Waals surface area contributed by atoms with Gasteiger partial charge in [0.25, 0.3) is 5.91 Å². The van der Waals surface area contributed by atoms with Crippen LogP contribution in [0.2, 0.25) is 0 Å². The van der Waals surface area contributed by atoms with Gasteiger partial charge in [0.05, 0.1) is 12.3 Å². The SMILES string of the molecule is CCOc1ccc(-c2cc(C(=O)N(CC)c3cccc(C)c3)[nH]n2)cc1. The quantitative estimate of drug-likeness (QED) is 0.715. The van der Waals surface area contributed by atoms with E-state index < -0.39 is 0 Å². The molecule has 0 saturated heterocycles. The number of H-pyrrole nitrogens is 1. The molecule has 2 aromatic carbocycles. The highest BCUT2D eigenvalue weighted by Crippen LogP contribution is 2.23. The van der Waals surface area contributed by atoms with Gasteiger partial charge in [0.15, 0.2) is 0 Å². The van der Waals surface area contributed by atoms with Crippen molar-refractivity contribution in [2.24, 2.45) is 0 Å². The highest BCUT2D eigenvalue weighted by atomic mass is 16.5. The minimum absolute atomic E-state index is 0.0946. The number of amides is 1. The van der Waals surface area contributed by atoms with Gasteiger partial charge >= 0.3 is 0 Å². The molecular weight excluding hydrogens is 326 g/mol. The van der Waals surface area contributed by atoms with E-state index in [1.54, 1.807) is 11.0 Å². The largest absolute Gasteiger partial charge is 0.494 e. The lowest BCUT2D eigenvalue weighted by Gasteiger charge is -2.20. The van der Waals surface area contributed by atoms with Crippen LogP contribution in [-0.4, -0.2) is 29.3 Å². The van der Waals surface area contributed by atoms with Crippen LogP contribution in [0.4, 0.5) is 5.69 Å². The van der Waals surface area contributed by atoms with Crippen molar-refractivity contribution in [1.29, 1.82) is 0 Å². The van der Waals surface area contributed by atoms with Gasteiger partial charge in [0, 0.05) is 17.8 Å². The Morgan fingerprint density at radius 1 is 1.12 bits per heavy atom. The first-order chi connectivity index (χ1) is 12.6. The molecule has 0 unspecified atom stereocenters. The molecule has 0 atom stereocenters. The summed E-state index contributed by atoms with van der Waals surface area (Å²) in [6, 6.07) is 17.4. The molecule has 3 aromatic rings. The molecule has 3 rings (SSSR count). The summed E-state index contributed by atoms with van der Waals surface area (Å²) < 4.78 is 5.46. The zero-order valence-electron chi connectivity index (χ0n) is 15.3. The molecule has 0 bridgehead atoms. The van der Waals surface area contributed by atoms with Gasteiger partial charge in [-0.3, -0.25) is 9.89 Å². The van der Waals surface area contributed by atoms with Gasteiger partial charge in [-0.15, -0.1) is 0 Å². The van der Waals surface area contributed by atoms with Gasteiger partial charge in [0.2, 0.25) is 0 Å². The number of carbonyl (C=O) groups excluding carboxylic acids is 1. The Balaban J connectivity index is 1.82. The lowest BCUT2D eigenvalue weighted by atomic mass is 10.1. The van der Waals surface area contributed by atoms with E-state index in [-0.39, 0.29) is 5.91 Å². The lowest BCUT2D eigenvalue weighted by molar-refractivity contribution is 0.0983. The minimum atomic E-state index is -0.0946. The third-order valence-corrected chi connectivity index (χ3v) is 4.14. The summed E-state index contributed by atoms with van der Waals surface area (Å²) in [5.74, 6) is 0.725. The van der Waals surface area contributed by atoms with E-state index in [4.69, 9.17) is 4.74 Å². The Bertz CT molecular complexity index is 884. The number of nitrogens with zero attached hydrogens (tertiary/aromatic N) is 2. The lowest BCUT2D eigenvalue weighted by Crippen LogP contribution is -2.30. The van der Waals surface area contributed by atoms with Crippen LogP contribution in [0, 0.1) is 6.92 Å². The minimum Gasteiger partial charge on any atom is -0.494 e. The molecule has 5 nitrogen and oxygen atoms in total.